The molecule has 150 valence electrons. The Hall–Kier alpha value is -2.11. The zero-order chi connectivity index (χ0) is 19.9. The van der Waals surface area contributed by atoms with Gasteiger partial charge in [0.05, 0.1) is 30.3 Å². The molecule has 0 aliphatic heterocycles. The topological polar surface area (TPSA) is 45.6 Å². The molecule has 1 fully saturated rings. The number of carbonyl (C=O) groups excluding carboxylic acids is 1. The molecular formula is C22H28ClFN3O+. The van der Waals surface area contributed by atoms with Crippen LogP contribution in [-0.2, 0) is 11.3 Å². The zero-order valence-corrected chi connectivity index (χ0v) is 17.0. The lowest BCUT2D eigenvalue weighted by Crippen LogP contribution is -3.11. The van der Waals surface area contributed by atoms with Gasteiger partial charge in [-0.3, -0.25) is 4.79 Å². The maximum Gasteiger partial charge on any atom is 0.243 e. The van der Waals surface area contributed by atoms with Crippen LogP contribution in [0.15, 0.2) is 42.5 Å². The minimum Gasteiger partial charge on any atom is -0.376 e. The van der Waals surface area contributed by atoms with E-state index in [1.54, 1.807) is 0 Å². The fourth-order valence-electron chi connectivity index (χ4n) is 3.85. The number of rotatable bonds is 7. The third-order valence-electron chi connectivity index (χ3n) is 5.43. The van der Waals surface area contributed by atoms with Crippen molar-refractivity contribution in [3.05, 3.63) is 58.9 Å². The van der Waals surface area contributed by atoms with Crippen molar-refractivity contribution in [2.75, 3.05) is 24.2 Å². The monoisotopic (exact) mass is 404 g/mol. The van der Waals surface area contributed by atoms with Crippen LogP contribution >= 0.6 is 11.6 Å². The van der Waals surface area contributed by atoms with Gasteiger partial charge in [-0.15, -0.1) is 0 Å². The second-order valence-electron chi connectivity index (χ2n) is 7.54. The molecule has 2 aromatic rings. The lowest BCUT2D eigenvalue weighted by Gasteiger charge is -2.28. The second-order valence-corrected chi connectivity index (χ2v) is 7.95. The number of benzene rings is 2. The molecule has 1 aliphatic carbocycles. The molecular weight excluding hydrogens is 377 g/mol. The van der Waals surface area contributed by atoms with E-state index in [1.807, 2.05) is 18.2 Å². The lowest BCUT2D eigenvalue weighted by molar-refractivity contribution is -0.921. The molecule has 0 spiro atoms. The van der Waals surface area contributed by atoms with Gasteiger partial charge in [0.25, 0.3) is 0 Å². The average Bonchev–Trinajstić information content (AvgIpc) is 2.70. The summed E-state index contributed by atoms with van der Waals surface area (Å²) in [4.78, 5) is 13.8. The number of carbonyl (C=O) groups is 1. The van der Waals surface area contributed by atoms with Crippen molar-refractivity contribution < 1.29 is 14.1 Å². The van der Waals surface area contributed by atoms with Crippen LogP contribution in [0.2, 0.25) is 5.02 Å². The Bertz CT molecular complexity index is 808. The van der Waals surface area contributed by atoms with Crippen molar-refractivity contribution in [2.24, 2.45) is 0 Å². The molecule has 0 saturated heterocycles. The van der Waals surface area contributed by atoms with Gasteiger partial charge in [0, 0.05) is 11.3 Å². The highest BCUT2D eigenvalue weighted by Crippen LogP contribution is 2.22. The van der Waals surface area contributed by atoms with E-state index < -0.39 is 5.82 Å². The fourth-order valence-corrected chi connectivity index (χ4v) is 4.06. The fraction of sp³-hybridized carbons (Fsp3) is 0.409. The lowest BCUT2D eigenvalue weighted by atomic mass is 9.94. The molecule has 3 N–H and O–H groups in total. The van der Waals surface area contributed by atoms with Crippen LogP contribution in [0.3, 0.4) is 0 Å². The van der Waals surface area contributed by atoms with Crippen LogP contribution in [0.4, 0.5) is 15.8 Å². The van der Waals surface area contributed by atoms with Gasteiger partial charge >= 0.3 is 0 Å². The first-order valence-corrected chi connectivity index (χ1v) is 10.3. The van der Waals surface area contributed by atoms with Gasteiger partial charge in [-0.2, -0.15) is 0 Å². The van der Waals surface area contributed by atoms with Crippen LogP contribution in [0, 0.1) is 5.82 Å². The van der Waals surface area contributed by atoms with E-state index in [-0.39, 0.29) is 17.5 Å². The van der Waals surface area contributed by atoms with Gasteiger partial charge in [0.1, 0.15) is 12.4 Å². The van der Waals surface area contributed by atoms with Gasteiger partial charge in [-0.1, -0.05) is 36.2 Å². The highest BCUT2D eigenvalue weighted by molar-refractivity contribution is 6.33. The van der Waals surface area contributed by atoms with Crippen LogP contribution in [-0.4, -0.2) is 25.5 Å². The number of nitrogens with one attached hydrogen (secondary N) is 3. The van der Waals surface area contributed by atoms with E-state index in [0.717, 1.165) is 12.2 Å². The van der Waals surface area contributed by atoms with E-state index in [4.69, 9.17) is 11.6 Å². The van der Waals surface area contributed by atoms with E-state index >= 15 is 0 Å². The largest absolute Gasteiger partial charge is 0.376 e. The number of amides is 1. The number of hydrogen-bond donors (Lipinski definition) is 3. The molecule has 0 heterocycles. The quantitative estimate of drug-likeness (QED) is 0.655. The first kappa shape index (κ1) is 20.6. The van der Waals surface area contributed by atoms with Gasteiger partial charge in [-0.25, -0.2) is 4.39 Å². The highest BCUT2D eigenvalue weighted by atomic mass is 35.5. The Labute approximate surface area is 171 Å². The van der Waals surface area contributed by atoms with Gasteiger partial charge in [0.2, 0.25) is 5.91 Å². The maximum atomic E-state index is 13.1. The molecule has 6 heteroatoms. The van der Waals surface area contributed by atoms with E-state index in [2.05, 4.69) is 23.7 Å². The zero-order valence-electron chi connectivity index (χ0n) is 16.2. The molecule has 1 unspecified atom stereocenters. The predicted octanol–water partition coefficient (Wildman–Crippen LogP) is 3.88. The van der Waals surface area contributed by atoms with Gasteiger partial charge in [0.15, 0.2) is 0 Å². The average molecular weight is 405 g/mol. The Morgan fingerprint density at radius 1 is 1.14 bits per heavy atom. The molecule has 1 amide bonds. The SMILES string of the molecule is C[NH+](Cc1ccccc1NCC(=O)Nc1ccc(F)cc1Cl)C1CCCCC1. The van der Waals surface area contributed by atoms with Crippen molar-refractivity contribution in [1.29, 1.82) is 0 Å². The smallest absolute Gasteiger partial charge is 0.243 e. The third-order valence-corrected chi connectivity index (χ3v) is 5.75. The first-order chi connectivity index (χ1) is 13.5. The van der Waals surface area contributed by atoms with Crippen molar-refractivity contribution in [2.45, 2.75) is 44.7 Å². The second kappa shape index (κ2) is 9.89. The molecule has 1 atom stereocenters. The van der Waals surface area contributed by atoms with E-state index in [9.17, 15) is 9.18 Å². The molecule has 1 saturated carbocycles. The molecule has 0 bridgehead atoms. The Morgan fingerprint density at radius 3 is 2.64 bits per heavy atom. The number of hydrogen-bond acceptors (Lipinski definition) is 2. The minimum absolute atomic E-state index is 0.118. The van der Waals surface area contributed by atoms with Crippen LogP contribution in [0.1, 0.15) is 37.7 Å². The summed E-state index contributed by atoms with van der Waals surface area (Å²) in [5.74, 6) is -0.657. The summed E-state index contributed by atoms with van der Waals surface area (Å²) < 4.78 is 13.1. The highest BCUT2D eigenvalue weighted by Gasteiger charge is 2.22. The maximum absolute atomic E-state index is 13.1. The molecule has 1 aliphatic rings. The van der Waals surface area contributed by atoms with Crippen molar-refractivity contribution in [3.63, 3.8) is 0 Å². The molecule has 2 aromatic carbocycles. The molecule has 0 radical (unpaired) electrons. The first-order valence-electron chi connectivity index (χ1n) is 9.92. The van der Waals surface area contributed by atoms with Gasteiger partial charge < -0.3 is 15.5 Å². The summed E-state index contributed by atoms with van der Waals surface area (Å²) in [6, 6.07) is 12.8. The standard InChI is InChI=1S/C22H27ClFN3O/c1-27(18-8-3-2-4-9-18)15-16-7-5-6-10-20(16)25-14-22(28)26-21-12-11-17(24)13-19(21)23/h5-7,10-13,18,25H,2-4,8-9,14-15H2,1H3,(H,26,28)/p+1. The normalized spacial score (nSPS) is 15.8. The summed E-state index contributed by atoms with van der Waals surface area (Å²) in [6.45, 7) is 1.05. The summed E-state index contributed by atoms with van der Waals surface area (Å²) in [5, 5.41) is 6.13. The third kappa shape index (κ3) is 5.69. The summed E-state index contributed by atoms with van der Waals surface area (Å²) >= 11 is 5.97. The predicted molar refractivity (Wildman–Crippen MR) is 112 cm³/mol. The molecule has 28 heavy (non-hydrogen) atoms. The van der Waals surface area contributed by atoms with E-state index in [0.29, 0.717) is 11.7 Å². The molecule has 0 aromatic heterocycles. The summed E-state index contributed by atoms with van der Waals surface area (Å²) in [5.41, 5.74) is 2.58. The molecule has 4 nitrogen and oxygen atoms in total. The Balaban J connectivity index is 1.57. The van der Waals surface area contributed by atoms with E-state index in [1.165, 1.54) is 60.8 Å². The number of quaternary nitrogens is 1. The van der Waals surface area contributed by atoms with Crippen molar-refractivity contribution in [1.82, 2.24) is 0 Å². The van der Waals surface area contributed by atoms with Crippen LogP contribution in [0.25, 0.3) is 0 Å². The Kier molecular flexibility index (Phi) is 7.29. The van der Waals surface area contributed by atoms with Crippen LogP contribution in [0.5, 0.6) is 0 Å². The summed E-state index contributed by atoms with van der Waals surface area (Å²) in [6.07, 6.45) is 6.60. The van der Waals surface area contributed by atoms with Crippen LogP contribution < -0.4 is 15.5 Å². The number of halogens is 2. The number of para-hydroxylation sites is 1. The van der Waals surface area contributed by atoms with Crippen molar-refractivity contribution >= 4 is 28.9 Å². The number of anilines is 2. The minimum atomic E-state index is -0.431. The molecule has 3 rings (SSSR count). The van der Waals surface area contributed by atoms with Crippen molar-refractivity contribution in [3.8, 4) is 0 Å². The Morgan fingerprint density at radius 2 is 1.89 bits per heavy atom. The van der Waals surface area contributed by atoms with Gasteiger partial charge in [-0.05, 0) is 49.9 Å². The summed E-state index contributed by atoms with van der Waals surface area (Å²) in [7, 11) is 2.26.